The van der Waals surface area contributed by atoms with E-state index in [1.165, 1.54) is 18.6 Å². The third-order valence-electron chi connectivity index (χ3n) is 3.99. The van der Waals surface area contributed by atoms with Crippen LogP contribution in [0.1, 0.15) is 42.5 Å². The standard InChI is InChI=1S/C15H21N3O3/c16-14(18-21)13(10-6-2-1-3-7-10)17-15(20)11-8-4-5-9-12(11)19/h4-5,8-10,13,19,21H,1-3,6-7H2,(H2,16,18)(H,17,20). The number of nitrogens with one attached hydrogen (secondary N) is 1. The Bertz CT molecular complexity index is 525. The van der Waals surface area contributed by atoms with Crippen molar-refractivity contribution in [3.63, 3.8) is 0 Å². The summed E-state index contributed by atoms with van der Waals surface area (Å²) in [5.41, 5.74) is 5.92. The number of amidine groups is 1. The highest BCUT2D eigenvalue weighted by atomic mass is 16.4. The van der Waals surface area contributed by atoms with Crippen molar-refractivity contribution in [2.24, 2.45) is 16.8 Å². The summed E-state index contributed by atoms with van der Waals surface area (Å²) in [5.74, 6) is -0.345. The topological polar surface area (TPSA) is 108 Å². The zero-order valence-corrected chi connectivity index (χ0v) is 11.8. The average molecular weight is 291 g/mol. The van der Waals surface area contributed by atoms with Crippen LogP contribution in [0.4, 0.5) is 0 Å². The van der Waals surface area contributed by atoms with E-state index in [0.29, 0.717) is 0 Å². The summed E-state index contributed by atoms with van der Waals surface area (Å²) in [6.45, 7) is 0. The number of carbonyl (C=O) groups excluding carboxylic acids is 1. The Morgan fingerprint density at radius 2 is 1.95 bits per heavy atom. The zero-order chi connectivity index (χ0) is 15.2. The van der Waals surface area contributed by atoms with Crippen LogP contribution in [0.3, 0.4) is 0 Å². The molecule has 1 unspecified atom stereocenters. The van der Waals surface area contributed by atoms with Gasteiger partial charge in [-0.2, -0.15) is 0 Å². The third-order valence-corrected chi connectivity index (χ3v) is 3.99. The minimum atomic E-state index is -0.512. The van der Waals surface area contributed by atoms with Gasteiger partial charge < -0.3 is 21.4 Å². The number of amides is 1. The first-order valence-electron chi connectivity index (χ1n) is 7.19. The van der Waals surface area contributed by atoms with E-state index in [0.717, 1.165) is 25.7 Å². The van der Waals surface area contributed by atoms with Gasteiger partial charge in [0, 0.05) is 0 Å². The van der Waals surface area contributed by atoms with E-state index in [-0.39, 0.29) is 23.1 Å². The molecule has 1 aromatic rings. The lowest BCUT2D eigenvalue weighted by Gasteiger charge is -2.30. The van der Waals surface area contributed by atoms with Crippen molar-refractivity contribution in [2.75, 3.05) is 0 Å². The molecule has 0 spiro atoms. The molecule has 0 bridgehead atoms. The monoisotopic (exact) mass is 291 g/mol. The van der Waals surface area contributed by atoms with E-state index >= 15 is 0 Å². The highest BCUT2D eigenvalue weighted by Crippen LogP contribution is 2.27. The number of benzene rings is 1. The lowest BCUT2D eigenvalue weighted by Crippen LogP contribution is -2.49. The van der Waals surface area contributed by atoms with Gasteiger partial charge >= 0.3 is 0 Å². The van der Waals surface area contributed by atoms with Crippen LogP contribution < -0.4 is 11.1 Å². The fourth-order valence-corrected chi connectivity index (χ4v) is 2.85. The molecule has 1 aliphatic rings. The lowest BCUT2D eigenvalue weighted by atomic mass is 9.83. The average Bonchev–Trinajstić information content (AvgIpc) is 2.53. The number of phenolic OH excluding ortho intramolecular Hbond substituents is 1. The molecule has 0 aliphatic heterocycles. The van der Waals surface area contributed by atoms with Crippen LogP contribution in [0.2, 0.25) is 0 Å². The predicted octanol–water partition coefficient (Wildman–Crippen LogP) is 1.82. The van der Waals surface area contributed by atoms with Gasteiger partial charge in [-0.15, -0.1) is 0 Å². The predicted molar refractivity (Wildman–Crippen MR) is 79.3 cm³/mol. The molecule has 2 rings (SSSR count). The molecular weight excluding hydrogens is 270 g/mol. The van der Waals surface area contributed by atoms with Crippen molar-refractivity contribution in [1.29, 1.82) is 0 Å². The molecule has 1 amide bonds. The van der Waals surface area contributed by atoms with Crippen LogP contribution in [0.25, 0.3) is 0 Å². The van der Waals surface area contributed by atoms with Crippen LogP contribution >= 0.6 is 0 Å². The minimum absolute atomic E-state index is 0.00525. The van der Waals surface area contributed by atoms with Crippen LogP contribution in [-0.2, 0) is 0 Å². The van der Waals surface area contributed by atoms with Crippen molar-refractivity contribution >= 4 is 11.7 Å². The fraction of sp³-hybridized carbons (Fsp3) is 0.467. The Labute approximate surface area is 123 Å². The van der Waals surface area contributed by atoms with Gasteiger partial charge in [0.05, 0.1) is 11.6 Å². The number of aromatic hydroxyl groups is 1. The Morgan fingerprint density at radius 1 is 1.29 bits per heavy atom. The molecule has 0 aromatic heterocycles. The molecule has 6 nitrogen and oxygen atoms in total. The van der Waals surface area contributed by atoms with Crippen LogP contribution in [0.5, 0.6) is 5.75 Å². The Balaban J connectivity index is 2.15. The second kappa shape index (κ2) is 6.97. The molecule has 1 aromatic carbocycles. The molecule has 5 N–H and O–H groups in total. The van der Waals surface area contributed by atoms with E-state index in [1.54, 1.807) is 12.1 Å². The Morgan fingerprint density at radius 3 is 2.57 bits per heavy atom. The maximum atomic E-state index is 12.3. The molecule has 114 valence electrons. The first-order valence-corrected chi connectivity index (χ1v) is 7.19. The van der Waals surface area contributed by atoms with Gasteiger partial charge in [0.15, 0.2) is 5.84 Å². The Kier molecular flexibility index (Phi) is 5.03. The number of carbonyl (C=O) groups is 1. The molecule has 0 saturated heterocycles. The summed E-state index contributed by atoms with van der Waals surface area (Å²) < 4.78 is 0. The summed E-state index contributed by atoms with van der Waals surface area (Å²) in [4.78, 5) is 12.3. The van der Waals surface area contributed by atoms with E-state index in [4.69, 9.17) is 10.9 Å². The number of nitrogens with zero attached hydrogens (tertiary/aromatic N) is 1. The summed E-state index contributed by atoms with van der Waals surface area (Å²) in [7, 11) is 0. The number of phenols is 1. The normalized spacial score (nSPS) is 18.2. The Hall–Kier alpha value is -2.24. The highest BCUT2D eigenvalue weighted by molar-refractivity contribution is 6.00. The molecule has 21 heavy (non-hydrogen) atoms. The number of hydrogen-bond donors (Lipinski definition) is 4. The minimum Gasteiger partial charge on any atom is -0.507 e. The summed E-state index contributed by atoms with van der Waals surface area (Å²) >= 11 is 0. The van der Waals surface area contributed by atoms with Crippen molar-refractivity contribution in [3.8, 4) is 5.75 Å². The fourth-order valence-electron chi connectivity index (χ4n) is 2.85. The SMILES string of the molecule is N/C(=N\O)C(NC(=O)c1ccccc1O)C1CCCCC1. The first kappa shape index (κ1) is 15.2. The maximum absolute atomic E-state index is 12.3. The quantitative estimate of drug-likeness (QED) is 0.294. The molecule has 6 heteroatoms. The molecular formula is C15H21N3O3. The molecule has 1 atom stereocenters. The van der Waals surface area contributed by atoms with E-state index in [2.05, 4.69) is 10.5 Å². The first-order chi connectivity index (χ1) is 10.1. The third kappa shape index (κ3) is 3.65. The smallest absolute Gasteiger partial charge is 0.255 e. The number of rotatable bonds is 4. The van der Waals surface area contributed by atoms with Crippen molar-refractivity contribution in [3.05, 3.63) is 29.8 Å². The molecule has 1 fully saturated rings. The van der Waals surface area contributed by atoms with Gasteiger partial charge in [0.1, 0.15) is 5.75 Å². The highest BCUT2D eigenvalue weighted by Gasteiger charge is 2.29. The van der Waals surface area contributed by atoms with Crippen LogP contribution in [0.15, 0.2) is 29.4 Å². The molecule has 0 heterocycles. The molecule has 1 aliphatic carbocycles. The van der Waals surface area contributed by atoms with Crippen molar-refractivity contribution < 1.29 is 15.1 Å². The van der Waals surface area contributed by atoms with Crippen molar-refractivity contribution in [2.45, 2.75) is 38.1 Å². The number of nitrogens with two attached hydrogens (primary N) is 1. The second-order valence-electron chi connectivity index (χ2n) is 5.39. The van der Waals surface area contributed by atoms with E-state index < -0.39 is 11.9 Å². The van der Waals surface area contributed by atoms with Crippen LogP contribution in [-0.4, -0.2) is 28.1 Å². The van der Waals surface area contributed by atoms with Gasteiger partial charge in [-0.25, -0.2) is 0 Å². The number of oxime groups is 1. The van der Waals surface area contributed by atoms with Gasteiger partial charge in [0.2, 0.25) is 0 Å². The number of hydrogen-bond acceptors (Lipinski definition) is 4. The van der Waals surface area contributed by atoms with Gasteiger partial charge in [-0.3, -0.25) is 4.79 Å². The van der Waals surface area contributed by atoms with Gasteiger partial charge in [-0.05, 0) is 30.9 Å². The summed E-state index contributed by atoms with van der Waals surface area (Å²) in [5, 5.41) is 24.5. The number of para-hydroxylation sites is 1. The molecule has 0 radical (unpaired) electrons. The van der Waals surface area contributed by atoms with E-state index in [9.17, 15) is 9.90 Å². The largest absolute Gasteiger partial charge is 0.507 e. The second-order valence-corrected chi connectivity index (χ2v) is 5.39. The molecule has 1 saturated carbocycles. The van der Waals surface area contributed by atoms with Gasteiger partial charge in [0.25, 0.3) is 5.91 Å². The zero-order valence-electron chi connectivity index (χ0n) is 11.8. The lowest BCUT2D eigenvalue weighted by molar-refractivity contribution is 0.0928. The maximum Gasteiger partial charge on any atom is 0.255 e. The summed E-state index contributed by atoms with van der Waals surface area (Å²) in [6, 6.07) is 5.80. The van der Waals surface area contributed by atoms with Crippen molar-refractivity contribution in [1.82, 2.24) is 5.32 Å². The van der Waals surface area contributed by atoms with E-state index in [1.807, 2.05) is 0 Å². The van der Waals surface area contributed by atoms with Gasteiger partial charge in [-0.1, -0.05) is 36.6 Å². The summed E-state index contributed by atoms with van der Waals surface area (Å²) in [6.07, 6.45) is 5.19. The van der Waals surface area contributed by atoms with Crippen LogP contribution in [0, 0.1) is 5.92 Å².